The van der Waals surface area contributed by atoms with Gasteiger partial charge < -0.3 is 9.52 Å². The Morgan fingerprint density at radius 3 is 3.00 bits per heavy atom. The zero-order valence-electron chi connectivity index (χ0n) is 10.6. The fourth-order valence-electron chi connectivity index (χ4n) is 1.55. The Bertz CT molecular complexity index is 613. The Hall–Kier alpha value is -2.70. The molecule has 0 aliphatic carbocycles. The summed E-state index contributed by atoms with van der Waals surface area (Å²) in [6, 6.07) is 5.34. The van der Waals surface area contributed by atoms with E-state index >= 15 is 0 Å². The van der Waals surface area contributed by atoms with E-state index in [-0.39, 0.29) is 6.42 Å². The number of rotatable bonds is 7. The van der Waals surface area contributed by atoms with Crippen LogP contribution in [0.15, 0.2) is 40.1 Å². The van der Waals surface area contributed by atoms with E-state index in [9.17, 15) is 9.59 Å². The van der Waals surface area contributed by atoms with E-state index in [1.165, 1.54) is 6.21 Å². The number of hydrogen-bond donors (Lipinski definition) is 1. The molecule has 0 saturated carbocycles. The maximum Gasteiger partial charge on any atom is 0.310 e. The van der Waals surface area contributed by atoms with Crippen molar-refractivity contribution in [3.63, 3.8) is 0 Å². The molecule has 1 N–H and O–H groups in total. The van der Waals surface area contributed by atoms with Crippen molar-refractivity contribution in [3.8, 4) is 0 Å². The molecule has 2 aromatic heterocycles. The second-order valence-corrected chi connectivity index (χ2v) is 4.08. The first-order chi connectivity index (χ1) is 9.63. The van der Waals surface area contributed by atoms with E-state index < -0.39 is 18.2 Å². The molecule has 20 heavy (non-hydrogen) atoms. The van der Waals surface area contributed by atoms with Gasteiger partial charge >= 0.3 is 5.97 Å². The van der Waals surface area contributed by atoms with Crippen molar-refractivity contribution >= 4 is 23.8 Å². The second kappa shape index (κ2) is 6.46. The molecule has 2 heterocycles. The van der Waals surface area contributed by atoms with Gasteiger partial charge in [0.1, 0.15) is 18.0 Å². The molecule has 0 unspecified atom stereocenters. The van der Waals surface area contributed by atoms with Crippen LogP contribution in [0.25, 0.3) is 0 Å². The van der Waals surface area contributed by atoms with Crippen LogP contribution < -0.4 is 0 Å². The Morgan fingerprint density at radius 1 is 1.45 bits per heavy atom. The fraction of sp³-hybridized carbons (Fsp3) is 0.231. The average Bonchev–Trinajstić information content (AvgIpc) is 3.01. The highest BCUT2D eigenvalue weighted by atomic mass is 16.4. The summed E-state index contributed by atoms with van der Waals surface area (Å²) in [5, 5.41) is 12.6. The van der Waals surface area contributed by atoms with Gasteiger partial charge in [-0.3, -0.25) is 14.3 Å². The molecule has 0 aliphatic rings. The highest BCUT2D eigenvalue weighted by Crippen LogP contribution is 2.09. The summed E-state index contributed by atoms with van der Waals surface area (Å²) < 4.78 is 6.85. The van der Waals surface area contributed by atoms with E-state index in [0.29, 0.717) is 12.4 Å². The number of carbonyl (C=O) groups excluding carboxylic acids is 1. The van der Waals surface area contributed by atoms with Crippen LogP contribution in [0.5, 0.6) is 0 Å². The van der Waals surface area contributed by atoms with Crippen LogP contribution in [0.4, 0.5) is 5.82 Å². The minimum atomic E-state index is -1.13. The van der Waals surface area contributed by atoms with Crippen molar-refractivity contribution in [2.24, 2.45) is 4.99 Å². The Balaban J connectivity index is 1.86. The summed E-state index contributed by atoms with van der Waals surface area (Å²) in [6.45, 7) is 0.500. The SMILES string of the molecule is O=C(O)CC(=O)CC=Nc1ccn(Cc2ccco2)n1. The molecule has 0 fully saturated rings. The Labute approximate surface area is 114 Å². The fourth-order valence-corrected chi connectivity index (χ4v) is 1.55. The number of Topliss-reactive ketones (excluding diaryl/α,β-unsaturated/α-hetero) is 1. The zero-order chi connectivity index (χ0) is 14.4. The van der Waals surface area contributed by atoms with Gasteiger partial charge in [0.25, 0.3) is 0 Å². The van der Waals surface area contributed by atoms with E-state index in [1.807, 2.05) is 6.07 Å². The van der Waals surface area contributed by atoms with E-state index in [1.54, 1.807) is 29.3 Å². The number of carboxylic acids is 1. The van der Waals surface area contributed by atoms with E-state index in [2.05, 4.69) is 10.1 Å². The molecule has 2 aromatic rings. The number of aliphatic carboxylic acids is 1. The third kappa shape index (κ3) is 4.20. The number of hydrogen-bond acceptors (Lipinski definition) is 5. The molecule has 0 saturated heterocycles. The molecule has 104 valence electrons. The number of aliphatic imine (C=N–C) groups is 1. The van der Waals surface area contributed by atoms with Gasteiger partial charge in [-0.15, -0.1) is 0 Å². The molecular weight excluding hydrogens is 262 g/mol. The monoisotopic (exact) mass is 275 g/mol. The lowest BCUT2D eigenvalue weighted by molar-refractivity contribution is -0.139. The molecule has 2 rings (SSSR count). The quantitative estimate of drug-likeness (QED) is 0.612. The Morgan fingerprint density at radius 2 is 2.30 bits per heavy atom. The molecular formula is C13H13N3O4. The predicted octanol–water partition coefficient (Wildman–Crippen LogP) is 1.66. The third-order valence-electron chi connectivity index (χ3n) is 2.42. The summed E-state index contributed by atoms with van der Waals surface area (Å²) in [7, 11) is 0. The van der Waals surface area contributed by atoms with E-state index in [4.69, 9.17) is 9.52 Å². The number of aromatic nitrogens is 2. The lowest BCUT2D eigenvalue weighted by atomic mass is 10.2. The molecule has 0 amide bonds. The van der Waals surface area contributed by atoms with Gasteiger partial charge in [0, 0.05) is 24.9 Å². The van der Waals surface area contributed by atoms with Crippen molar-refractivity contribution in [3.05, 3.63) is 36.4 Å². The first-order valence-corrected chi connectivity index (χ1v) is 5.95. The van der Waals surface area contributed by atoms with Gasteiger partial charge in [0.15, 0.2) is 5.82 Å². The smallest absolute Gasteiger partial charge is 0.310 e. The minimum absolute atomic E-state index is 0.0165. The lowest BCUT2D eigenvalue weighted by Crippen LogP contribution is -2.06. The molecule has 0 atom stereocenters. The van der Waals surface area contributed by atoms with Crippen molar-refractivity contribution in [1.82, 2.24) is 9.78 Å². The van der Waals surface area contributed by atoms with E-state index in [0.717, 1.165) is 5.76 Å². The highest BCUT2D eigenvalue weighted by molar-refractivity contribution is 6.01. The summed E-state index contributed by atoms with van der Waals surface area (Å²) in [5.41, 5.74) is 0. The topological polar surface area (TPSA) is 97.7 Å². The van der Waals surface area contributed by atoms with Crippen molar-refractivity contribution < 1.29 is 19.1 Å². The van der Waals surface area contributed by atoms with Crippen LogP contribution in [0, 0.1) is 0 Å². The van der Waals surface area contributed by atoms with Crippen LogP contribution in [0.1, 0.15) is 18.6 Å². The van der Waals surface area contributed by atoms with Gasteiger partial charge in [0.2, 0.25) is 0 Å². The van der Waals surface area contributed by atoms with Gasteiger partial charge in [-0.05, 0) is 12.1 Å². The van der Waals surface area contributed by atoms with Gasteiger partial charge in [0.05, 0.1) is 12.8 Å². The van der Waals surface area contributed by atoms with Crippen LogP contribution >= 0.6 is 0 Å². The summed E-state index contributed by atoms with van der Waals surface area (Å²) >= 11 is 0. The zero-order valence-corrected chi connectivity index (χ0v) is 10.6. The number of carbonyl (C=O) groups is 2. The summed E-state index contributed by atoms with van der Waals surface area (Å²) in [6.07, 6.45) is 4.20. The van der Waals surface area contributed by atoms with Crippen LogP contribution in [0.3, 0.4) is 0 Å². The third-order valence-corrected chi connectivity index (χ3v) is 2.42. The van der Waals surface area contributed by atoms with Gasteiger partial charge in [-0.2, -0.15) is 5.10 Å². The van der Waals surface area contributed by atoms with Crippen molar-refractivity contribution in [2.45, 2.75) is 19.4 Å². The summed E-state index contributed by atoms with van der Waals surface area (Å²) in [5.74, 6) is -0.289. The van der Waals surface area contributed by atoms with Gasteiger partial charge in [-0.1, -0.05) is 0 Å². The maximum atomic E-state index is 11.2. The minimum Gasteiger partial charge on any atom is -0.481 e. The van der Waals surface area contributed by atoms with Crippen LogP contribution in [-0.2, 0) is 16.1 Å². The first-order valence-electron chi connectivity index (χ1n) is 5.95. The standard InChI is InChI=1S/C13H13N3O4/c17-10(8-13(18)19)3-5-14-12-4-6-16(15-12)9-11-2-1-7-20-11/h1-2,4-7H,3,8-9H2,(H,18,19). The predicted molar refractivity (Wildman–Crippen MR) is 70.1 cm³/mol. The Kier molecular flexibility index (Phi) is 4.43. The largest absolute Gasteiger partial charge is 0.481 e. The second-order valence-electron chi connectivity index (χ2n) is 4.08. The van der Waals surface area contributed by atoms with Crippen LogP contribution in [-0.4, -0.2) is 32.9 Å². The average molecular weight is 275 g/mol. The maximum absolute atomic E-state index is 11.2. The van der Waals surface area contributed by atoms with Crippen molar-refractivity contribution in [2.75, 3.05) is 0 Å². The van der Waals surface area contributed by atoms with Crippen LogP contribution in [0.2, 0.25) is 0 Å². The normalized spacial score (nSPS) is 11.0. The lowest BCUT2D eigenvalue weighted by Gasteiger charge is -1.96. The van der Waals surface area contributed by atoms with Crippen molar-refractivity contribution in [1.29, 1.82) is 0 Å². The molecule has 0 aliphatic heterocycles. The number of nitrogens with zero attached hydrogens (tertiary/aromatic N) is 3. The molecule has 7 nitrogen and oxygen atoms in total. The number of ketones is 1. The molecule has 0 radical (unpaired) electrons. The summed E-state index contributed by atoms with van der Waals surface area (Å²) in [4.78, 5) is 25.5. The molecule has 7 heteroatoms. The molecule has 0 aromatic carbocycles. The first kappa shape index (κ1) is 13.7. The highest BCUT2D eigenvalue weighted by Gasteiger charge is 2.05. The number of carboxylic acid groups (broad SMARTS) is 1. The molecule has 0 spiro atoms. The molecule has 0 bridgehead atoms. The van der Waals surface area contributed by atoms with Gasteiger partial charge in [-0.25, -0.2) is 4.99 Å². The number of furan rings is 1.